The first-order chi connectivity index (χ1) is 7.08. The van der Waals surface area contributed by atoms with Crippen LogP contribution in [-0.4, -0.2) is 11.9 Å². The summed E-state index contributed by atoms with van der Waals surface area (Å²) in [4.78, 5) is 21.5. The van der Waals surface area contributed by atoms with E-state index in [2.05, 4.69) is 5.43 Å². The van der Waals surface area contributed by atoms with Crippen LogP contribution in [0.25, 0.3) is 0 Å². The minimum absolute atomic E-state index is 0.209. The van der Waals surface area contributed by atoms with E-state index < -0.39 is 6.03 Å². The summed E-state index contributed by atoms with van der Waals surface area (Å²) in [6.45, 7) is 1.97. The van der Waals surface area contributed by atoms with Crippen LogP contribution in [0.3, 0.4) is 0 Å². The van der Waals surface area contributed by atoms with E-state index in [0.717, 1.165) is 11.1 Å². The first-order valence-electron chi connectivity index (χ1n) is 4.48. The van der Waals surface area contributed by atoms with Gasteiger partial charge in [0.1, 0.15) is 0 Å². The highest BCUT2D eigenvalue weighted by molar-refractivity contribution is 5.81. The second-order valence-electron chi connectivity index (χ2n) is 3.20. The fraction of sp³-hybridized carbons (Fsp3) is 0.200. The number of rotatable bonds is 2. The van der Waals surface area contributed by atoms with Crippen LogP contribution in [0.5, 0.6) is 0 Å². The number of hydrogen-bond acceptors (Lipinski definition) is 2. The summed E-state index contributed by atoms with van der Waals surface area (Å²) in [5, 5.41) is 0. The lowest BCUT2D eigenvalue weighted by Crippen LogP contribution is -2.45. The van der Waals surface area contributed by atoms with Gasteiger partial charge in [-0.25, -0.2) is 10.2 Å². The van der Waals surface area contributed by atoms with E-state index in [4.69, 9.17) is 5.73 Å². The molecule has 0 saturated heterocycles. The molecule has 15 heavy (non-hydrogen) atoms. The Labute approximate surface area is 87.6 Å². The normalized spacial score (nSPS) is 9.40. The number of urea groups is 1. The predicted molar refractivity (Wildman–Crippen MR) is 55.7 cm³/mol. The molecule has 0 saturated carbocycles. The maximum absolute atomic E-state index is 11.2. The zero-order valence-corrected chi connectivity index (χ0v) is 8.41. The van der Waals surface area contributed by atoms with Crippen LogP contribution in [0.4, 0.5) is 4.79 Å². The molecule has 80 valence electrons. The SMILES string of the molecule is Cc1ccc(CC(=O)NNC(N)=O)cc1. The van der Waals surface area contributed by atoms with Gasteiger partial charge in [-0.05, 0) is 12.5 Å². The van der Waals surface area contributed by atoms with Crippen LogP contribution in [0, 0.1) is 6.92 Å². The predicted octanol–water partition coefficient (Wildman–Crippen LogP) is 0.237. The summed E-state index contributed by atoms with van der Waals surface area (Å²) < 4.78 is 0. The van der Waals surface area contributed by atoms with Crippen LogP contribution in [0.15, 0.2) is 24.3 Å². The average molecular weight is 207 g/mol. The summed E-state index contributed by atoms with van der Waals surface area (Å²) in [7, 11) is 0. The van der Waals surface area contributed by atoms with Crippen LogP contribution < -0.4 is 16.6 Å². The van der Waals surface area contributed by atoms with Gasteiger partial charge in [0.05, 0.1) is 6.42 Å². The van der Waals surface area contributed by atoms with Crippen LogP contribution in [0.1, 0.15) is 11.1 Å². The fourth-order valence-corrected chi connectivity index (χ4v) is 1.07. The highest BCUT2D eigenvalue weighted by atomic mass is 16.2. The molecule has 1 aromatic carbocycles. The zero-order valence-electron chi connectivity index (χ0n) is 8.41. The van der Waals surface area contributed by atoms with Gasteiger partial charge in [-0.1, -0.05) is 29.8 Å². The molecule has 1 rings (SSSR count). The van der Waals surface area contributed by atoms with E-state index in [-0.39, 0.29) is 12.3 Å². The number of nitrogens with two attached hydrogens (primary N) is 1. The lowest BCUT2D eigenvalue weighted by Gasteiger charge is -2.04. The molecule has 0 bridgehead atoms. The molecule has 0 fully saturated rings. The van der Waals surface area contributed by atoms with Crippen LogP contribution >= 0.6 is 0 Å². The molecule has 5 heteroatoms. The highest BCUT2D eigenvalue weighted by Gasteiger charge is 2.02. The van der Waals surface area contributed by atoms with Crippen LogP contribution in [0.2, 0.25) is 0 Å². The molecule has 4 N–H and O–H groups in total. The second-order valence-corrected chi connectivity index (χ2v) is 3.20. The molecule has 0 atom stereocenters. The molecule has 0 heterocycles. The molecular formula is C10H13N3O2. The molecular weight excluding hydrogens is 194 g/mol. The van der Waals surface area contributed by atoms with Crippen molar-refractivity contribution < 1.29 is 9.59 Å². The smallest absolute Gasteiger partial charge is 0.330 e. The largest absolute Gasteiger partial charge is 0.350 e. The number of amides is 3. The Kier molecular flexibility index (Phi) is 3.68. The molecule has 1 aromatic rings. The quantitative estimate of drug-likeness (QED) is 0.607. The van der Waals surface area contributed by atoms with Gasteiger partial charge in [-0.2, -0.15) is 0 Å². The van der Waals surface area contributed by atoms with Crippen molar-refractivity contribution in [1.29, 1.82) is 0 Å². The number of hydrazine groups is 1. The molecule has 3 amide bonds. The maximum atomic E-state index is 11.2. The van der Waals surface area contributed by atoms with Crippen molar-refractivity contribution in [3.05, 3.63) is 35.4 Å². The van der Waals surface area contributed by atoms with E-state index in [1.54, 1.807) is 0 Å². The molecule has 0 aromatic heterocycles. The van der Waals surface area contributed by atoms with Crippen molar-refractivity contribution in [3.63, 3.8) is 0 Å². The first-order valence-corrected chi connectivity index (χ1v) is 4.48. The Morgan fingerprint density at radius 1 is 1.20 bits per heavy atom. The third kappa shape index (κ3) is 4.12. The Hall–Kier alpha value is -2.04. The van der Waals surface area contributed by atoms with Gasteiger partial charge in [0, 0.05) is 0 Å². The van der Waals surface area contributed by atoms with Crippen molar-refractivity contribution in [2.45, 2.75) is 13.3 Å². The Morgan fingerprint density at radius 3 is 2.33 bits per heavy atom. The van der Waals surface area contributed by atoms with Gasteiger partial charge in [-0.15, -0.1) is 0 Å². The number of primary amides is 1. The lowest BCUT2D eigenvalue weighted by molar-refractivity contribution is -0.121. The summed E-state index contributed by atoms with van der Waals surface area (Å²) >= 11 is 0. The van der Waals surface area contributed by atoms with Gasteiger partial charge >= 0.3 is 6.03 Å². The van der Waals surface area contributed by atoms with Crippen molar-refractivity contribution >= 4 is 11.9 Å². The number of benzene rings is 1. The van der Waals surface area contributed by atoms with Gasteiger partial charge < -0.3 is 5.73 Å². The monoisotopic (exact) mass is 207 g/mol. The molecule has 0 aliphatic heterocycles. The van der Waals surface area contributed by atoms with Crippen molar-refractivity contribution in [2.75, 3.05) is 0 Å². The van der Waals surface area contributed by atoms with Crippen molar-refractivity contribution in [1.82, 2.24) is 10.9 Å². The minimum Gasteiger partial charge on any atom is -0.350 e. The second kappa shape index (κ2) is 4.99. The number of carbonyl (C=O) groups is 2. The third-order valence-corrected chi connectivity index (χ3v) is 1.81. The minimum atomic E-state index is -0.785. The summed E-state index contributed by atoms with van der Waals surface area (Å²) in [6.07, 6.45) is 0.209. The Balaban J connectivity index is 2.44. The van der Waals surface area contributed by atoms with Gasteiger partial charge in [0.2, 0.25) is 5.91 Å². The van der Waals surface area contributed by atoms with Gasteiger partial charge in [0.25, 0.3) is 0 Å². The Bertz CT molecular complexity index is 359. The number of aryl methyl sites for hydroxylation is 1. The number of hydrogen-bond donors (Lipinski definition) is 3. The van der Waals surface area contributed by atoms with E-state index in [1.807, 2.05) is 36.6 Å². The topological polar surface area (TPSA) is 84.2 Å². The zero-order chi connectivity index (χ0) is 11.3. The molecule has 0 aliphatic rings. The standard InChI is InChI=1S/C10H13N3O2/c1-7-2-4-8(5-3-7)6-9(14)12-13-10(11)15/h2-5H,6H2,1H3,(H,12,14)(H3,11,13,15). The summed E-state index contributed by atoms with van der Waals surface area (Å²) in [6, 6.07) is 6.78. The summed E-state index contributed by atoms with van der Waals surface area (Å²) in [5.41, 5.74) is 11.0. The van der Waals surface area contributed by atoms with E-state index in [9.17, 15) is 9.59 Å². The fourth-order valence-electron chi connectivity index (χ4n) is 1.07. The third-order valence-electron chi connectivity index (χ3n) is 1.81. The molecule has 5 nitrogen and oxygen atoms in total. The maximum Gasteiger partial charge on any atom is 0.330 e. The van der Waals surface area contributed by atoms with Crippen molar-refractivity contribution in [3.8, 4) is 0 Å². The highest BCUT2D eigenvalue weighted by Crippen LogP contribution is 2.03. The number of carbonyl (C=O) groups excluding carboxylic acids is 2. The first kappa shape index (κ1) is 11.0. The van der Waals surface area contributed by atoms with E-state index in [1.165, 1.54) is 0 Å². The molecule has 0 unspecified atom stereocenters. The average Bonchev–Trinajstić information content (AvgIpc) is 2.19. The lowest BCUT2D eigenvalue weighted by atomic mass is 10.1. The van der Waals surface area contributed by atoms with E-state index >= 15 is 0 Å². The summed E-state index contributed by atoms with van der Waals surface area (Å²) in [5.74, 6) is -0.308. The van der Waals surface area contributed by atoms with Crippen LogP contribution in [-0.2, 0) is 11.2 Å². The molecule has 0 spiro atoms. The molecule has 0 aliphatic carbocycles. The Morgan fingerprint density at radius 2 is 1.80 bits per heavy atom. The molecule has 0 radical (unpaired) electrons. The number of nitrogens with one attached hydrogen (secondary N) is 2. The van der Waals surface area contributed by atoms with Gasteiger partial charge in [-0.3, -0.25) is 10.2 Å². The van der Waals surface area contributed by atoms with Crippen molar-refractivity contribution in [2.24, 2.45) is 5.73 Å². The van der Waals surface area contributed by atoms with E-state index in [0.29, 0.717) is 0 Å². The van der Waals surface area contributed by atoms with Gasteiger partial charge in [0.15, 0.2) is 0 Å².